The lowest BCUT2D eigenvalue weighted by Crippen LogP contribution is -2.60. The highest BCUT2D eigenvalue weighted by molar-refractivity contribution is 5.97. The molecule has 0 unspecified atom stereocenters. The zero-order chi connectivity index (χ0) is 25.5. The SMILES string of the molecule is CCOc1ccc(NC(=O)C[C@@H]2C(=O)NCCN2C(=O)CN2CCN(c3ccc(F)cc3)CC2)cc1. The van der Waals surface area contributed by atoms with Crippen molar-refractivity contribution in [1.82, 2.24) is 15.1 Å². The minimum atomic E-state index is -0.852. The Kier molecular flexibility index (Phi) is 8.37. The van der Waals surface area contributed by atoms with Crippen molar-refractivity contribution in [3.8, 4) is 5.75 Å². The van der Waals surface area contributed by atoms with Gasteiger partial charge in [-0.15, -0.1) is 0 Å². The Morgan fingerprint density at radius 2 is 1.72 bits per heavy atom. The van der Waals surface area contributed by atoms with E-state index in [-0.39, 0.29) is 36.5 Å². The molecule has 0 bridgehead atoms. The number of amides is 3. The van der Waals surface area contributed by atoms with Crippen LogP contribution in [0, 0.1) is 5.82 Å². The first-order valence-electron chi connectivity index (χ1n) is 12.3. The number of carbonyl (C=O) groups excluding carboxylic acids is 3. The summed E-state index contributed by atoms with van der Waals surface area (Å²) >= 11 is 0. The normalized spacial score (nSPS) is 18.5. The first kappa shape index (κ1) is 25.4. The fourth-order valence-electron chi connectivity index (χ4n) is 4.50. The van der Waals surface area contributed by atoms with Gasteiger partial charge in [0.2, 0.25) is 17.7 Å². The lowest BCUT2D eigenvalue weighted by Gasteiger charge is -2.39. The average Bonchev–Trinajstić information content (AvgIpc) is 2.87. The van der Waals surface area contributed by atoms with Crippen LogP contribution in [0.15, 0.2) is 48.5 Å². The van der Waals surface area contributed by atoms with Gasteiger partial charge in [-0.1, -0.05) is 0 Å². The van der Waals surface area contributed by atoms with Crippen LogP contribution in [0.5, 0.6) is 5.75 Å². The summed E-state index contributed by atoms with van der Waals surface area (Å²) in [4.78, 5) is 44.1. The summed E-state index contributed by atoms with van der Waals surface area (Å²) in [7, 11) is 0. The molecule has 3 amide bonds. The smallest absolute Gasteiger partial charge is 0.243 e. The van der Waals surface area contributed by atoms with Gasteiger partial charge in [-0.3, -0.25) is 19.3 Å². The third-order valence-electron chi connectivity index (χ3n) is 6.40. The third-order valence-corrected chi connectivity index (χ3v) is 6.40. The van der Waals surface area contributed by atoms with Crippen molar-refractivity contribution in [3.05, 3.63) is 54.3 Å². The van der Waals surface area contributed by atoms with E-state index in [0.29, 0.717) is 57.3 Å². The van der Waals surface area contributed by atoms with Crippen molar-refractivity contribution in [1.29, 1.82) is 0 Å². The average molecular weight is 498 g/mol. The number of ether oxygens (including phenoxy) is 1. The van der Waals surface area contributed by atoms with Crippen LogP contribution >= 0.6 is 0 Å². The Labute approximate surface area is 210 Å². The number of benzene rings is 2. The van der Waals surface area contributed by atoms with Crippen molar-refractivity contribution in [2.45, 2.75) is 19.4 Å². The van der Waals surface area contributed by atoms with Crippen LogP contribution in [-0.4, -0.2) is 86.0 Å². The van der Waals surface area contributed by atoms with Crippen LogP contribution in [0.25, 0.3) is 0 Å². The van der Waals surface area contributed by atoms with Crippen LogP contribution < -0.4 is 20.3 Å². The van der Waals surface area contributed by atoms with E-state index in [1.807, 2.05) is 11.8 Å². The maximum Gasteiger partial charge on any atom is 0.243 e. The van der Waals surface area contributed by atoms with Crippen molar-refractivity contribution >= 4 is 29.1 Å². The minimum absolute atomic E-state index is 0.122. The van der Waals surface area contributed by atoms with Gasteiger partial charge in [-0.2, -0.15) is 0 Å². The van der Waals surface area contributed by atoms with Gasteiger partial charge in [0.25, 0.3) is 0 Å². The molecule has 2 aliphatic rings. The molecule has 0 aliphatic carbocycles. The number of halogens is 1. The summed E-state index contributed by atoms with van der Waals surface area (Å²) in [5.74, 6) is -0.392. The molecule has 192 valence electrons. The summed E-state index contributed by atoms with van der Waals surface area (Å²) in [6.45, 7) is 6.13. The van der Waals surface area contributed by atoms with Gasteiger partial charge in [0.15, 0.2) is 0 Å². The molecule has 9 nitrogen and oxygen atoms in total. The van der Waals surface area contributed by atoms with Crippen LogP contribution in [0.3, 0.4) is 0 Å². The largest absolute Gasteiger partial charge is 0.494 e. The molecule has 2 saturated heterocycles. The monoisotopic (exact) mass is 497 g/mol. The second-order valence-corrected chi connectivity index (χ2v) is 8.84. The van der Waals surface area contributed by atoms with Crippen molar-refractivity contribution in [2.24, 2.45) is 0 Å². The molecule has 36 heavy (non-hydrogen) atoms. The minimum Gasteiger partial charge on any atom is -0.494 e. The molecule has 2 aromatic carbocycles. The molecule has 0 spiro atoms. The molecule has 2 fully saturated rings. The molecule has 4 rings (SSSR count). The molecule has 10 heteroatoms. The van der Waals surface area contributed by atoms with Gasteiger partial charge in [0.1, 0.15) is 17.6 Å². The molecular weight excluding hydrogens is 465 g/mol. The number of hydrogen-bond acceptors (Lipinski definition) is 6. The zero-order valence-electron chi connectivity index (χ0n) is 20.4. The van der Waals surface area contributed by atoms with Gasteiger partial charge in [0.05, 0.1) is 19.6 Å². The van der Waals surface area contributed by atoms with Gasteiger partial charge >= 0.3 is 0 Å². The quantitative estimate of drug-likeness (QED) is 0.577. The number of rotatable bonds is 8. The lowest BCUT2D eigenvalue weighted by atomic mass is 10.1. The van der Waals surface area contributed by atoms with Gasteiger partial charge in [-0.25, -0.2) is 4.39 Å². The second-order valence-electron chi connectivity index (χ2n) is 8.84. The van der Waals surface area contributed by atoms with E-state index in [0.717, 1.165) is 5.69 Å². The summed E-state index contributed by atoms with van der Waals surface area (Å²) in [6, 6.07) is 12.5. The van der Waals surface area contributed by atoms with E-state index in [2.05, 4.69) is 15.5 Å². The summed E-state index contributed by atoms with van der Waals surface area (Å²) < 4.78 is 18.6. The molecule has 1 atom stereocenters. The van der Waals surface area contributed by atoms with E-state index in [1.165, 1.54) is 17.0 Å². The predicted molar refractivity (Wildman–Crippen MR) is 134 cm³/mol. The van der Waals surface area contributed by atoms with Crippen molar-refractivity contribution < 1.29 is 23.5 Å². The molecule has 0 radical (unpaired) electrons. The fraction of sp³-hybridized carbons (Fsp3) is 0.423. The summed E-state index contributed by atoms with van der Waals surface area (Å²) in [6.07, 6.45) is -0.122. The molecule has 0 saturated carbocycles. The molecule has 2 N–H and O–H groups in total. The van der Waals surface area contributed by atoms with Crippen LogP contribution in [0.1, 0.15) is 13.3 Å². The van der Waals surface area contributed by atoms with Crippen LogP contribution in [0.2, 0.25) is 0 Å². The number of piperazine rings is 2. The van der Waals surface area contributed by atoms with E-state index in [1.54, 1.807) is 36.4 Å². The summed E-state index contributed by atoms with van der Waals surface area (Å²) in [5.41, 5.74) is 1.55. The van der Waals surface area contributed by atoms with Crippen LogP contribution in [-0.2, 0) is 14.4 Å². The second kappa shape index (κ2) is 11.9. The van der Waals surface area contributed by atoms with Gasteiger partial charge < -0.3 is 25.2 Å². The Morgan fingerprint density at radius 1 is 1.03 bits per heavy atom. The highest BCUT2D eigenvalue weighted by Crippen LogP contribution is 2.19. The predicted octanol–water partition coefficient (Wildman–Crippen LogP) is 1.70. The van der Waals surface area contributed by atoms with E-state index in [4.69, 9.17) is 4.74 Å². The zero-order valence-corrected chi connectivity index (χ0v) is 20.4. The van der Waals surface area contributed by atoms with E-state index >= 15 is 0 Å². The topological polar surface area (TPSA) is 94.2 Å². The molecule has 2 aliphatic heterocycles. The van der Waals surface area contributed by atoms with E-state index < -0.39 is 6.04 Å². The number of anilines is 2. The Balaban J connectivity index is 1.30. The maximum atomic E-state index is 13.2. The number of nitrogens with one attached hydrogen (secondary N) is 2. The number of nitrogens with zero attached hydrogens (tertiary/aromatic N) is 3. The standard InChI is InChI=1S/C26H32FN5O4/c1-2-36-22-9-5-20(6-10-22)29-24(33)17-23-26(35)28-11-12-32(23)25(34)18-30-13-15-31(16-14-30)21-7-3-19(27)4-8-21/h3-10,23H,2,11-18H2,1H3,(H,28,35)(H,29,33)/t23-/m1/s1. The molecular formula is C26H32FN5O4. The molecule has 2 aromatic rings. The Morgan fingerprint density at radius 3 is 2.39 bits per heavy atom. The number of carbonyl (C=O) groups is 3. The highest BCUT2D eigenvalue weighted by atomic mass is 19.1. The van der Waals surface area contributed by atoms with Gasteiger partial charge in [0, 0.05) is 50.6 Å². The van der Waals surface area contributed by atoms with Crippen molar-refractivity contribution in [3.63, 3.8) is 0 Å². The summed E-state index contributed by atoms with van der Waals surface area (Å²) in [5, 5.41) is 5.55. The highest BCUT2D eigenvalue weighted by Gasteiger charge is 2.35. The Bertz CT molecular complexity index is 1060. The fourth-order valence-corrected chi connectivity index (χ4v) is 4.50. The van der Waals surface area contributed by atoms with E-state index in [9.17, 15) is 18.8 Å². The van der Waals surface area contributed by atoms with Crippen LogP contribution in [0.4, 0.5) is 15.8 Å². The Hall–Kier alpha value is -3.66. The molecule has 0 aromatic heterocycles. The first-order chi connectivity index (χ1) is 17.4. The molecule has 2 heterocycles. The number of hydrogen-bond donors (Lipinski definition) is 2. The maximum absolute atomic E-state index is 13.2. The lowest BCUT2D eigenvalue weighted by molar-refractivity contribution is -0.145. The van der Waals surface area contributed by atoms with Crippen molar-refractivity contribution in [2.75, 3.05) is 62.6 Å². The van der Waals surface area contributed by atoms with Gasteiger partial charge in [-0.05, 0) is 55.5 Å². The third kappa shape index (κ3) is 6.51. The first-order valence-corrected chi connectivity index (χ1v) is 12.3.